The Morgan fingerprint density at radius 1 is 1.12 bits per heavy atom. The number of piperidine rings is 1. The molecule has 1 aliphatic rings. The molecule has 140 valence electrons. The van der Waals surface area contributed by atoms with Crippen LogP contribution >= 0.6 is 0 Å². The molecule has 1 fully saturated rings. The lowest BCUT2D eigenvalue weighted by atomic mass is 9.85. The van der Waals surface area contributed by atoms with Crippen molar-refractivity contribution in [1.29, 1.82) is 0 Å². The van der Waals surface area contributed by atoms with Crippen LogP contribution in [0.3, 0.4) is 0 Å². The van der Waals surface area contributed by atoms with E-state index in [1.807, 2.05) is 30.3 Å². The molecule has 0 aliphatic carbocycles. The van der Waals surface area contributed by atoms with Gasteiger partial charge in [-0.2, -0.15) is 0 Å². The Kier molecular flexibility index (Phi) is 7.44. The number of hydrogen-bond acceptors (Lipinski definition) is 3. The van der Waals surface area contributed by atoms with Gasteiger partial charge in [-0.3, -0.25) is 4.79 Å². The molecule has 1 aromatic rings. The van der Waals surface area contributed by atoms with Crippen LogP contribution in [0.5, 0.6) is 0 Å². The summed E-state index contributed by atoms with van der Waals surface area (Å²) in [5.41, 5.74) is 1.15. The molecule has 1 amide bonds. The van der Waals surface area contributed by atoms with Crippen LogP contribution in [0.25, 0.3) is 0 Å². The third-order valence-electron chi connectivity index (χ3n) is 4.83. The zero-order valence-corrected chi connectivity index (χ0v) is 16.1. The fraction of sp³-hybridized carbons (Fsp3) is 0.632. The summed E-state index contributed by atoms with van der Waals surface area (Å²) in [6.45, 7) is 5.61. The van der Waals surface area contributed by atoms with Crippen LogP contribution in [0, 0.1) is 5.92 Å². The smallest absolute Gasteiger partial charge is 0.220 e. The lowest BCUT2D eigenvalue weighted by molar-refractivity contribution is -0.121. The van der Waals surface area contributed by atoms with Gasteiger partial charge >= 0.3 is 0 Å². The standard InChI is InChI=1S/C19H30N2O3S/c1-16(2)18(17-9-5-3-6-10-17)15-19(22)20-11-14-25(23,24)21-12-7-4-8-13-21/h3,5-6,9-10,16,18H,4,7-8,11-15H2,1-2H3,(H,20,22). The Labute approximate surface area is 151 Å². The zero-order valence-electron chi connectivity index (χ0n) is 15.3. The van der Waals surface area contributed by atoms with E-state index in [0.717, 1.165) is 24.8 Å². The van der Waals surface area contributed by atoms with Crippen LogP contribution in [-0.4, -0.2) is 44.0 Å². The molecule has 6 heteroatoms. The van der Waals surface area contributed by atoms with Crippen LogP contribution in [0.4, 0.5) is 0 Å². The van der Waals surface area contributed by atoms with Gasteiger partial charge in [0.2, 0.25) is 15.9 Å². The number of rotatable bonds is 8. The quantitative estimate of drug-likeness (QED) is 0.769. The molecule has 0 aromatic heterocycles. The van der Waals surface area contributed by atoms with E-state index in [2.05, 4.69) is 19.2 Å². The average Bonchev–Trinajstić information content (AvgIpc) is 2.61. The molecular weight excluding hydrogens is 336 g/mol. The monoisotopic (exact) mass is 366 g/mol. The molecule has 0 saturated carbocycles. The van der Waals surface area contributed by atoms with Gasteiger partial charge in [-0.05, 0) is 30.2 Å². The molecule has 1 N–H and O–H groups in total. The highest BCUT2D eigenvalue weighted by atomic mass is 32.2. The van der Waals surface area contributed by atoms with E-state index >= 15 is 0 Å². The maximum atomic E-state index is 12.3. The van der Waals surface area contributed by atoms with Crippen molar-refractivity contribution in [2.75, 3.05) is 25.4 Å². The number of benzene rings is 1. The van der Waals surface area contributed by atoms with Crippen LogP contribution < -0.4 is 5.32 Å². The number of amides is 1. The summed E-state index contributed by atoms with van der Waals surface area (Å²) in [7, 11) is -3.26. The zero-order chi connectivity index (χ0) is 18.3. The van der Waals surface area contributed by atoms with Gasteiger partial charge in [-0.1, -0.05) is 50.6 Å². The number of nitrogens with zero attached hydrogens (tertiary/aromatic N) is 1. The molecular formula is C19H30N2O3S. The number of sulfonamides is 1. The van der Waals surface area contributed by atoms with Crippen LogP contribution in [0.1, 0.15) is 51.0 Å². The van der Waals surface area contributed by atoms with Crippen molar-refractivity contribution >= 4 is 15.9 Å². The normalized spacial score (nSPS) is 17.4. The number of carbonyl (C=O) groups excluding carboxylic acids is 1. The number of carbonyl (C=O) groups is 1. The third kappa shape index (κ3) is 6.12. The molecule has 1 aliphatic heterocycles. The van der Waals surface area contributed by atoms with E-state index in [4.69, 9.17) is 0 Å². The van der Waals surface area contributed by atoms with Gasteiger partial charge in [0.1, 0.15) is 0 Å². The van der Waals surface area contributed by atoms with E-state index in [9.17, 15) is 13.2 Å². The van der Waals surface area contributed by atoms with E-state index < -0.39 is 10.0 Å². The molecule has 1 unspecified atom stereocenters. The summed E-state index contributed by atoms with van der Waals surface area (Å²) in [4.78, 5) is 12.3. The second kappa shape index (κ2) is 9.34. The highest BCUT2D eigenvalue weighted by molar-refractivity contribution is 7.89. The molecule has 25 heavy (non-hydrogen) atoms. The highest BCUT2D eigenvalue weighted by Gasteiger charge is 2.24. The van der Waals surface area contributed by atoms with E-state index in [1.165, 1.54) is 0 Å². The van der Waals surface area contributed by atoms with Crippen molar-refractivity contribution < 1.29 is 13.2 Å². The van der Waals surface area contributed by atoms with Crippen LogP contribution in [0.15, 0.2) is 30.3 Å². The molecule has 1 saturated heterocycles. The van der Waals surface area contributed by atoms with Gasteiger partial charge < -0.3 is 5.32 Å². The number of hydrogen-bond donors (Lipinski definition) is 1. The first-order valence-corrected chi connectivity index (χ1v) is 10.8. The van der Waals surface area contributed by atoms with Crippen molar-refractivity contribution in [3.8, 4) is 0 Å². The van der Waals surface area contributed by atoms with Crippen LogP contribution in [0.2, 0.25) is 0 Å². The SMILES string of the molecule is CC(C)C(CC(=O)NCCS(=O)(=O)N1CCCCC1)c1ccccc1. The predicted molar refractivity (Wildman–Crippen MR) is 101 cm³/mol. The van der Waals surface area contributed by atoms with Crippen molar-refractivity contribution in [3.63, 3.8) is 0 Å². The molecule has 0 spiro atoms. The summed E-state index contributed by atoms with van der Waals surface area (Å²) in [6.07, 6.45) is 3.34. The maximum Gasteiger partial charge on any atom is 0.220 e. The molecule has 1 atom stereocenters. The Hall–Kier alpha value is -1.40. The van der Waals surface area contributed by atoms with E-state index in [0.29, 0.717) is 25.4 Å². The fourth-order valence-electron chi connectivity index (χ4n) is 3.30. The molecule has 2 rings (SSSR count). The Morgan fingerprint density at radius 3 is 2.36 bits per heavy atom. The largest absolute Gasteiger partial charge is 0.355 e. The summed E-state index contributed by atoms with van der Waals surface area (Å²) in [5.74, 6) is 0.373. The van der Waals surface area contributed by atoms with Crippen molar-refractivity contribution in [2.45, 2.75) is 45.4 Å². The minimum Gasteiger partial charge on any atom is -0.355 e. The topological polar surface area (TPSA) is 66.5 Å². The Morgan fingerprint density at radius 2 is 1.76 bits per heavy atom. The molecule has 0 radical (unpaired) electrons. The van der Waals surface area contributed by atoms with Gasteiger partial charge in [0, 0.05) is 26.1 Å². The molecule has 1 aromatic carbocycles. The number of nitrogens with one attached hydrogen (secondary N) is 1. The molecule has 5 nitrogen and oxygen atoms in total. The first kappa shape index (κ1) is 19.9. The van der Waals surface area contributed by atoms with Gasteiger partial charge in [0.05, 0.1) is 5.75 Å². The lowest BCUT2D eigenvalue weighted by Gasteiger charge is -2.26. The fourth-order valence-corrected chi connectivity index (χ4v) is 4.73. The van der Waals surface area contributed by atoms with Gasteiger partial charge in [-0.15, -0.1) is 0 Å². The minimum absolute atomic E-state index is 0.0174. The molecule has 0 bridgehead atoms. The highest BCUT2D eigenvalue weighted by Crippen LogP contribution is 2.27. The summed E-state index contributed by atoms with van der Waals surface area (Å²) in [6, 6.07) is 10.0. The van der Waals surface area contributed by atoms with Gasteiger partial charge in [-0.25, -0.2) is 12.7 Å². The Balaban J connectivity index is 1.83. The minimum atomic E-state index is -3.26. The first-order valence-electron chi connectivity index (χ1n) is 9.19. The summed E-state index contributed by atoms with van der Waals surface area (Å²) < 4.78 is 26.1. The second-order valence-electron chi connectivity index (χ2n) is 7.09. The van der Waals surface area contributed by atoms with E-state index in [-0.39, 0.29) is 24.1 Å². The molecule has 1 heterocycles. The van der Waals surface area contributed by atoms with E-state index in [1.54, 1.807) is 4.31 Å². The third-order valence-corrected chi connectivity index (χ3v) is 6.70. The summed E-state index contributed by atoms with van der Waals surface area (Å²) in [5, 5.41) is 2.79. The lowest BCUT2D eigenvalue weighted by Crippen LogP contribution is -2.40. The predicted octanol–water partition coefficient (Wildman–Crippen LogP) is 2.75. The first-order chi connectivity index (χ1) is 11.9. The summed E-state index contributed by atoms with van der Waals surface area (Å²) >= 11 is 0. The van der Waals surface area contributed by atoms with Gasteiger partial charge in [0.15, 0.2) is 0 Å². The Bertz CT molecular complexity index is 638. The van der Waals surface area contributed by atoms with Gasteiger partial charge in [0.25, 0.3) is 0 Å². The van der Waals surface area contributed by atoms with Crippen LogP contribution in [-0.2, 0) is 14.8 Å². The second-order valence-corrected chi connectivity index (χ2v) is 9.18. The maximum absolute atomic E-state index is 12.3. The average molecular weight is 367 g/mol. The van der Waals surface area contributed by atoms with Crippen molar-refractivity contribution in [2.24, 2.45) is 5.92 Å². The van der Waals surface area contributed by atoms with Crippen molar-refractivity contribution in [1.82, 2.24) is 9.62 Å². The van der Waals surface area contributed by atoms with Crippen molar-refractivity contribution in [3.05, 3.63) is 35.9 Å².